The lowest BCUT2D eigenvalue weighted by Gasteiger charge is -2.24. The third-order valence-corrected chi connectivity index (χ3v) is 4.65. The molecular formula is C20H16Cl2F6N2O4. The van der Waals surface area contributed by atoms with E-state index in [2.05, 4.69) is 15.2 Å². The number of ether oxygens (including phenoxy) is 2. The van der Waals surface area contributed by atoms with Gasteiger partial charge in [-0.05, 0) is 5.56 Å². The lowest BCUT2D eigenvalue weighted by molar-refractivity contribution is -0.304. The molecule has 0 aliphatic rings. The average molecular weight is 533 g/mol. The monoisotopic (exact) mass is 532 g/mol. The maximum atomic E-state index is 13.6. The Bertz CT molecular complexity index is 1040. The van der Waals surface area contributed by atoms with Crippen LogP contribution in [0.1, 0.15) is 11.1 Å². The van der Waals surface area contributed by atoms with Gasteiger partial charge in [-0.25, -0.2) is 4.39 Å². The summed E-state index contributed by atoms with van der Waals surface area (Å²) in [7, 11) is 2.64. The number of halogens is 8. The fourth-order valence-corrected chi connectivity index (χ4v) is 3.10. The third-order valence-electron chi connectivity index (χ3n) is 4.08. The van der Waals surface area contributed by atoms with Gasteiger partial charge in [0.2, 0.25) is 0 Å². The highest BCUT2D eigenvalue weighted by Crippen LogP contribution is 2.43. The van der Waals surface area contributed by atoms with Crippen molar-refractivity contribution in [2.24, 2.45) is 5.16 Å². The number of amides is 1. The summed E-state index contributed by atoms with van der Waals surface area (Å²) in [6, 6.07) is 8.31. The second-order valence-electron chi connectivity index (χ2n) is 6.43. The van der Waals surface area contributed by atoms with Gasteiger partial charge in [-0.1, -0.05) is 52.6 Å². The molecule has 2 aromatic rings. The highest BCUT2D eigenvalue weighted by atomic mass is 35.5. The second-order valence-corrected chi connectivity index (χ2v) is 7.25. The number of likely N-dealkylation sites (N-methyl/N-ethyl adjacent to an activating group) is 1. The Morgan fingerprint density at radius 3 is 2.24 bits per heavy atom. The van der Waals surface area contributed by atoms with Crippen molar-refractivity contribution < 1.29 is 45.4 Å². The number of alkyl halides is 6. The first-order valence-corrected chi connectivity index (χ1v) is 9.88. The van der Waals surface area contributed by atoms with Crippen LogP contribution in [0.25, 0.3) is 0 Å². The van der Waals surface area contributed by atoms with E-state index < -0.39 is 40.2 Å². The van der Waals surface area contributed by atoms with E-state index in [1.807, 2.05) is 0 Å². The number of nitrogens with zero attached hydrogens (tertiary/aromatic N) is 1. The molecule has 0 aromatic heterocycles. The van der Waals surface area contributed by atoms with Gasteiger partial charge in [0.05, 0.1) is 10.0 Å². The third kappa shape index (κ3) is 6.60. The second kappa shape index (κ2) is 11.0. The summed E-state index contributed by atoms with van der Waals surface area (Å²) in [4.78, 5) is 16.8. The minimum absolute atomic E-state index is 0.0586. The van der Waals surface area contributed by atoms with Crippen LogP contribution in [0.5, 0.6) is 11.5 Å². The highest BCUT2D eigenvalue weighted by Gasteiger charge is 2.59. The smallest absolute Gasteiger partial charge is 0.439 e. The lowest BCUT2D eigenvalue weighted by Crippen LogP contribution is -2.45. The van der Waals surface area contributed by atoms with E-state index >= 15 is 0 Å². The quantitative estimate of drug-likeness (QED) is 0.261. The zero-order valence-electron chi connectivity index (χ0n) is 17.4. The van der Waals surface area contributed by atoms with Gasteiger partial charge in [0.15, 0.2) is 11.5 Å². The molecule has 14 heteroatoms. The van der Waals surface area contributed by atoms with Gasteiger partial charge in [0.25, 0.3) is 12.1 Å². The molecule has 1 amide bonds. The summed E-state index contributed by atoms with van der Waals surface area (Å²) < 4.78 is 86.6. The van der Waals surface area contributed by atoms with Gasteiger partial charge in [-0.15, -0.1) is 0 Å². The summed E-state index contributed by atoms with van der Waals surface area (Å²) in [6.07, 6.45) is -15.8. The molecular weight excluding hydrogens is 517 g/mol. The Hall–Kier alpha value is -2.86. The number of carbonyl (C=O) groups is 1. The van der Waals surface area contributed by atoms with Crippen molar-refractivity contribution in [1.82, 2.24) is 5.32 Å². The van der Waals surface area contributed by atoms with Gasteiger partial charge >= 0.3 is 12.3 Å². The molecule has 1 N–H and O–H groups in total. The molecule has 0 saturated carbocycles. The normalized spacial score (nSPS) is 13.3. The van der Waals surface area contributed by atoms with Crippen molar-refractivity contribution in [3.63, 3.8) is 0 Å². The molecule has 2 aromatic carbocycles. The summed E-state index contributed by atoms with van der Waals surface area (Å²) in [5.41, 5.74) is 0.741. The fourth-order valence-electron chi connectivity index (χ4n) is 2.56. The number of hydrogen-bond donors (Lipinski definition) is 1. The zero-order chi connectivity index (χ0) is 25.7. The predicted molar refractivity (Wildman–Crippen MR) is 111 cm³/mol. The van der Waals surface area contributed by atoms with Crippen molar-refractivity contribution in [1.29, 1.82) is 0 Å². The number of hydrogen-bond acceptors (Lipinski definition) is 5. The van der Waals surface area contributed by atoms with Gasteiger partial charge in [0, 0.05) is 24.7 Å². The van der Waals surface area contributed by atoms with Gasteiger partial charge in [-0.3, -0.25) is 4.79 Å². The number of oxime groups is 1. The lowest BCUT2D eigenvalue weighted by atomic mass is 10.0. The molecule has 1 unspecified atom stereocenters. The number of benzene rings is 2. The van der Waals surface area contributed by atoms with Gasteiger partial charge in [0.1, 0.15) is 19.5 Å². The van der Waals surface area contributed by atoms with Crippen molar-refractivity contribution in [3.05, 3.63) is 57.6 Å². The van der Waals surface area contributed by atoms with Gasteiger partial charge < -0.3 is 19.6 Å². The first-order chi connectivity index (χ1) is 15.8. The Morgan fingerprint density at radius 1 is 1.12 bits per heavy atom. The molecule has 0 bridgehead atoms. The Morgan fingerprint density at radius 2 is 1.71 bits per heavy atom. The van der Waals surface area contributed by atoms with E-state index in [4.69, 9.17) is 32.8 Å². The molecule has 0 saturated heterocycles. The van der Waals surface area contributed by atoms with E-state index in [0.29, 0.717) is 11.1 Å². The molecule has 2 rings (SSSR count). The molecule has 0 radical (unpaired) electrons. The molecule has 0 spiro atoms. The van der Waals surface area contributed by atoms with E-state index in [9.17, 15) is 31.1 Å². The number of nitrogens with one attached hydrogen (secondary N) is 1. The Balaban J connectivity index is 2.27. The molecule has 1 atom stereocenters. The first kappa shape index (κ1) is 27.4. The maximum absolute atomic E-state index is 13.6. The van der Waals surface area contributed by atoms with Crippen LogP contribution in [0.2, 0.25) is 10.0 Å². The van der Waals surface area contributed by atoms with Crippen LogP contribution >= 0.6 is 23.2 Å². The van der Waals surface area contributed by atoms with Crippen molar-refractivity contribution in [2.75, 3.05) is 14.2 Å². The maximum Gasteiger partial charge on any atom is 0.439 e. The Kier molecular flexibility index (Phi) is 8.89. The van der Waals surface area contributed by atoms with Crippen LogP contribution in [0, 0.1) is 0 Å². The van der Waals surface area contributed by atoms with Crippen molar-refractivity contribution in [2.45, 2.75) is 25.1 Å². The predicted octanol–water partition coefficient (Wildman–Crippen LogP) is 5.54. The van der Waals surface area contributed by atoms with Crippen LogP contribution in [0.15, 0.2) is 41.6 Å². The Labute approximate surface area is 199 Å². The van der Waals surface area contributed by atoms with E-state index in [0.717, 1.165) is 12.1 Å². The van der Waals surface area contributed by atoms with E-state index in [1.54, 1.807) is 24.3 Å². The van der Waals surface area contributed by atoms with Crippen molar-refractivity contribution >= 4 is 34.8 Å². The summed E-state index contributed by atoms with van der Waals surface area (Å²) in [6.45, 7) is -0.195. The van der Waals surface area contributed by atoms with Gasteiger partial charge in [-0.2, -0.15) is 22.0 Å². The summed E-state index contributed by atoms with van der Waals surface area (Å²) >= 11 is 11.6. The van der Waals surface area contributed by atoms with Crippen LogP contribution in [-0.4, -0.2) is 44.2 Å². The first-order valence-electron chi connectivity index (χ1n) is 9.12. The molecule has 0 aliphatic carbocycles. The molecule has 0 fully saturated rings. The molecule has 34 heavy (non-hydrogen) atoms. The zero-order valence-corrected chi connectivity index (χ0v) is 18.9. The van der Waals surface area contributed by atoms with Crippen LogP contribution in [0.3, 0.4) is 0 Å². The highest BCUT2D eigenvalue weighted by molar-refractivity contribution is 6.45. The topological polar surface area (TPSA) is 69.2 Å². The summed E-state index contributed by atoms with van der Waals surface area (Å²) in [5, 5.41) is 4.79. The van der Waals surface area contributed by atoms with Crippen LogP contribution in [-0.2, 0) is 16.2 Å². The molecule has 186 valence electrons. The average Bonchev–Trinajstić information content (AvgIpc) is 2.77. The van der Waals surface area contributed by atoms with Crippen LogP contribution < -0.4 is 14.8 Å². The van der Waals surface area contributed by atoms with E-state index in [-0.39, 0.29) is 18.1 Å². The standard InChI is InChI=1S/C20H16Cl2F6N2O4/c1-29-17(31)15(30-32-2)12-6-4-3-5-10(12)9-33-11-7-13(21)16(14(22)8-11)34-20(27,28)18(23)19(24,25)26/h3-8,18H,9H2,1-2H3,(H,29,31)/b30-15+. The number of rotatable bonds is 9. The van der Waals surface area contributed by atoms with Crippen molar-refractivity contribution in [3.8, 4) is 11.5 Å². The molecule has 0 heterocycles. The number of carbonyl (C=O) groups excluding carboxylic acids is 1. The fraction of sp³-hybridized carbons (Fsp3) is 0.300. The largest absolute Gasteiger partial charge is 0.489 e. The molecule has 6 nitrogen and oxygen atoms in total. The minimum atomic E-state index is -5.88. The SMILES string of the molecule is CNC(=O)/C(=N/OC)c1ccccc1COc1cc(Cl)c(OC(F)(F)C(F)C(F)(F)F)c(Cl)c1. The minimum Gasteiger partial charge on any atom is -0.489 e. The summed E-state index contributed by atoms with van der Waals surface area (Å²) in [5.74, 6) is -1.70. The van der Waals surface area contributed by atoms with Crippen LogP contribution in [0.4, 0.5) is 26.3 Å². The van der Waals surface area contributed by atoms with E-state index in [1.165, 1.54) is 14.2 Å². The molecule has 0 aliphatic heterocycles.